The predicted octanol–water partition coefficient (Wildman–Crippen LogP) is 4.62. The van der Waals surface area contributed by atoms with Crippen LogP contribution in [0, 0.1) is 19.8 Å². The average Bonchev–Trinajstić information content (AvgIpc) is 3.06. The van der Waals surface area contributed by atoms with Gasteiger partial charge in [0.2, 0.25) is 0 Å². The highest BCUT2D eigenvalue weighted by molar-refractivity contribution is 5.76. The van der Waals surface area contributed by atoms with Crippen LogP contribution in [-0.2, 0) is 13.0 Å². The first-order valence-electron chi connectivity index (χ1n) is 10.9. The smallest absolute Gasteiger partial charge is 0.160 e. The second-order valence-corrected chi connectivity index (χ2v) is 8.47. The standard InChI is InChI=1S/C24H32N4O/c1-4-22-27-23-16(2)13-17(3)26-24(23)28(22)15-19-5-9-20(10-6-19)25-14-18-7-11-21(29)12-8-18/h5-6,9-10,13,18,21,25,29H,4,7-8,11-12,14-15H2,1-3H3. The molecule has 5 heteroatoms. The molecule has 1 fully saturated rings. The van der Waals surface area contributed by atoms with Gasteiger partial charge in [0.15, 0.2) is 5.65 Å². The van der Waals surface area contributed by atoms with Crippen molar-refractivity contribution < 1.29 is 5.11 Å². The number of benzene rings is 1. The number of aryl methyl sites for hydroxylation is 3. The van der Waals surface area contributed by atoms with Crippen LogP contribution in [0.3, 0.4) is 0 Å². The van der Waals surface area contributed by atoms with Crippen molar-refractivity contribution in [2.24, 2.45) is 5.92 Å². The maximum Gasteiger partial charge on any atom is 0.160 e. The molecule has 4 rings (SSSR count). The van der Waals surface area contributed by atoms with Crippen LogP contribution in [0.2, 0.25) is 0 Å². The first-order valence-corrected chi connectivity index (χ1v) is 10.9. The molecule has 2 heterocycles. The minimum Gasteiger partial charge on any atom is -0.393 e. The molecule has 0 radical (unpaired) electrons. The molecule has 2 N–H and O–H groups in total. The summed E-state index contributed by atoms with van der Waals surface area (Å²) in [5.41, 5.74) is 6.65. The first kappa shape index (κ1) is 19.9. The van der Waals surface area contributed by atoms with E-state index in [4.69, 9.17) is 9.97 Å². The summed E-state index contributed by atoms with van der Waals surface area (Å²) >= 11 is 0. The number of aliphatic hydroxyl groups excluding tert-OH is 1. The van der Waals surface area contributed by atoms with Gasteiger partial charge in [0.05, 0.1) is 12.6 Å². The Bertz CT molecular complexity index is 969. The molecule has 1 aliphatic carbocycles. The molecule has 1 aliphatic rings. The lowest BCUT2D eigenvalue weighted by molar-refractivity contribution is 0.111. The highest BCUT2D eigenvalue weighted by atomic mass is 16.3. The van der Waals surface area contributed by atoms with Gasteiger partial charge in [-0.15, -0.1) is 0 Å². The second kappa shape index (κ2) is 8.54. The Morgan fingerprint density at radius 3 is 2.48 bits per heavy atom. The van der Waals surface area contributed by atoms with E-state index in [1.165, 1.54) is 11.1 Å². The van der Waals surface area contributed by atoms with Crippen LogP contribution in [-0.4, -0.2) is 32.3 Å². The van der Waals surface area contributed by atoms with Gasteiger partial charge in [0.25, 0.3) is 0 Å². The molecule has 29 heavy (non-hydrogen) atoms. The summed E-state index contributed by atoms with van der Waals surface area (Å²) < 4.78 is 2.26. The molecule has 1 aromatic carbocycles. The van der Waals surface area contributed by atoms with E-state index in [0.29, 0.717) is 5.92 Å². The Labute approximate surface area is 173 Å². The van der Waals surface area contributed by atoms with E-state index < -0.39 is 0 Å². The van der Waals surface area contributed by atoms with Gasteiger partial charge in [0, 0.05) is 24.3 Å². The lowest BCUT2D eigenvalue weighted by atomic mass is 9.87. The molecule has 0 bridgehead atoms. The number of anilines is 1. The SMILES string of the molecule is CCc1nc2c(C)cc(C)nc2n1Cc1ccc(NCC2CCC(O)CC2)cc1. The van der Waals surface area contributed by atoms with Crippen molar-refractivity contribution >= 4 is 16.9 Å². The molecular formula is C24H32N4O. The lowest BCUT2D eigenvalue weighted by Gasteiger charge is -2.25. The summed E-state index contributed by atoms with van der Waals surface area (Å²) in [6.07, 6.45) is 4.93. The predicted molar refractivity (Wildman–Crippen MR) is 118 cm³/mol. The van der Waals surface area contributed by atoms with E-state index in [0.717, 1.165) is 73.6 Å². The Hall–Kier alpha value is -2.40. The normalized spacial score (nSPS) is 19.6. The molecule has 5 nitrogen and oxygen atoms in total. The number of pyridine rings is 1. The topological polar surface area (TPSA) is 63.0 Å². The molecule has 0 spiro atoms. The van der Waals surface area contributed by atoms with Crippen LogP contribution in [0.4, 0.5) is 5.69 Å². The zero-order valence-electron chi connectivity index (χ0n) is 17.8. The number of fused-ring (bicyclic) bond motifs is 1. The van der Waals surface area contributed by atoms with Crippen molar-refractivity contribution in [3.05, 3.63) is 53.0 Å². The van der Waals surface area contributed by atoms with Crippen LogP contribution < -0.4 is 5.32 Å². The fourth-order valence-electron chi connectivity index (χ4n) is 4.41. The molecule has 2 aromatic heterocycles. The summed E-state index contributed by atoms with van der Waals surface area (Å²) in [6.45, 7) is 8.08. The van der Waals surface area contributed by atoms with Gasteiger partial charge in [-0.05, 0) is 74.8 Å². The molecule has 0 atom stereocenters. The van der Waals surface area contributed by atoms with Crippen molar-refractivity contribution in [2.75, 3.05) is 11.9 Å². The molecule has 0 amide bonds. The van der Waals surface area contributed by atoms with Gasteiger partial charge in [-0.2, -0.15) is 0 Å². The van der Waals surface area contributed by atoms with Gasteiger partial charge in [-0.25, -0.2) is 9.97 Å². The van der Waals surface area contributed by atoms with Gasteiger partial charge >= 0.3 is 0 Å². The van der Waals surface area contributed by atoms with Crippen LogP contribution in [0.5, 0.6) is 0 Å². The van der Waals surface area contributed by atoms with Crippen LogP contribution in [0.1, 0.15) is 55.3 Å². The fourth-order valence-corrected chi connectivity index (χ4v) is 4.41. The number of nitrogens with one attached hydrogen (secondary N) is 1. The van der Waals surface area contributed by atoms with E-state index in [-0.39, 0.29) is 6.10 Å². The van der Waals surface area contributed by atoms with Crippen molar-refractivity contribution in [2.45, 2.75) is 65.5 Å². The van der Waals surface area contributed by atoms with Crippen molar-refractivity contribution in [3.63, 3.8) is 0 Å². The molecule has 0 aliphatic heterocycles. The molecule has 3 aromatic rings. The third-order valence-corrected chi connectivity index (χ3v) is 6.12. The summed E-state index contributed by atoms with van der Waals surface area (Å²) in [7, 11) is 0. The first-order chi connectivity index (χ1) is 14.0. The van der Waals surface area contributed by atoms with E-state index in [9.17, 15) is 5.11 Å². The number of rotatable bonds is 6. The summed E-state index contributed by atoms with van der Waals surface area (Å²) in [4.78, 5) is 9.62. The van der Waals surface area contributed by atoms with E-state index >= 15 is 0 Å². The Morgan fingerprint density at radius 1 is 1.07 bits per heavy atom. The van der Waals surface area contributed by atoms with Crippen molar-refractivity contribution in [1.29, 1.82) is 0 Å². The number of hydrogen-bond acceptors (Lipinski definition) is 4. The minimum atomic E-state index is -0.0835. The zero-order valence-corrected chi connectivity index (χ0v) is 17.8. The number of imidazole rings is 1. The Morgan fingerprint density at radius 2 is 1.79 bits per heavy atom. The lowest BCUT2D eigenvalue weighted by Crippen LogP contribution is -2.23. The van der Waals surface area contributed by atoms with Gasteiger partial charge in [0.1, 0.15) is 11.3 Å². The highest BCUT2D eigenvalue weighted by Crippen LogP contribution is 2.25. The molecule has 154 valence electrons. The minimum absolute atomic E-state index is 0.0835. The fraction of sp³-hybridized carbons (Fsp3) is 0.500. The maximum atomic E-state index is 9.65. The monoisotopic (exact) mass is 392 g/mol. The second-order valence-electron chi connectivity index (χ2n) is 8.47. The summed E-state index contributed by atoms with van der Waals surface area (Å²) in [6, 6.07) is 10.8. The molecule has 0 unspecified atom stereocenters. The largest absolute Gasteiger partial charge is 0.393 e. The van der Waals surface area contributed by atoms with E-state index in [2.05, 4.69) is 54.1 Å². The Balaban J connectivity index is 1.46. The number of nitrogens with zero attached hydrogens (tertiary/aromatic N) is 3. The van der Waals surface area contributed by atoms with Gasteiger partial charge in [-0.1, -0.05) is 19.1 Å². The molecule has 0 saturated heterocycles. The summed E-state index contributed by atoms with van der Waals surface area (Å²) in [5.74, 6) is 1.75. The number of aliphatic hydroxyl groups is 1. The number of hydrogen-bond donors (Lipinski definition) is 2. The van der Waals surface area contributed by atoms with Crippen LogP contribution in [0.25, 0.3) is 11.2 Å². The van der Waals surface area contributed by atoms with Crippen LogP contribution in [0.15, 0.2) is 30.3 Å². The highest BCUT2D eigenvalue weighted by Gasteiger charge is 2.19. The Kier molecular flexibility index (Phi) is 5.86. The molecule has 1 saturated carbocycles. The summed E-state index contributed by atoms with van der Waals surface area (Å²) in [5, 5.41) is 13.2. The third-order valence-electron chi connectivity index (χ3n) is 6.12. The zero-order chi connectivity index (χ0) is 20.4. The molecular weight excluding hydrogens is 360 g/mol. The van der Waals surface area contributed by atoms with E-state index in [1.54, 1.807) is 0 Å². The van der Waals surface area contributed by atoms with Crippen molar-refractivity contribution in [3.8, 4) is 0 Å². The van der Waals surface area contributed by atoms with Crippen LogP contribution >= 0.6 is 0 Å². The third kappa shape index (κ3) is 4.45. The van der Waals surface area contributed by atoms with Crippen molar-refractivity contribution in [1.82, 2.24) is 14.5 Å². The average molecular weight is 393 g/mol. The van der Waals surface area contributed by atoms with Gasteiger partial charge < -0.3 is 15.0 Å². The van der Waals surface area contributed by atoms with Gasteiger partial charge in [-0.3, -0.25) is 0 Å². The van der Waals surface area contributed by atoms with E-state index in [1.807, 2.05) is 6.92 Å². The number of aromatic nitrogens is 3. The quantitative estimate of drug-likeness (QED) is 0.642. The maximum absolute atomic E-state index is 9.65.